The molecule has 5 heteroatoms. The van der Waals surface area contributed by atoms with Gasteiger partial charge in [-0.3, -0.25) is 0 Å². The van der Waals surface area contributed by atoms with Crippen LogP contribution in [0.1, 0.15) is 5.56 Å². The number of nitrogens with zero attached hydrogens (tertiary/aromatic N) is 5. The molecule has 20 heavy (non-hydrogen) atoms. The van der Waals surface area contributed by atoms with Crippen molar-refractivity contribution in [2.24, 2.45) is 7.05 Å². The van der Waals surface area contributed by atoms with Gasteiger partial charge in [-0.1, -0.05) is 6.07 Å². The van der Waals surface area contributed by atoms with Crippen LogP contribution in [0.15, 0.2) is 42.9 Å². The van der Waals surface area contributed by atoms with E-state index in [2.05, 4.69) is 48.9 Å². The number of aryl methyl sites for hydroxylation is 1. The molecule has 0 saturated carbocycles. The smallest absolute Gasteiger partial charge is 0.303 e. The van der Waals surface area contributed by atoms with Gasteiger partial charge < -0.3 is 4.57 Å². The van der Waals surface area contributed by atoms with E-state index in [4.69, 9.17) is 0 Å². The van der Waals surface area contributed by atoms with Gasteiger partial charge in [0, 0.05) is 25.0 Å². The molecule has 4 aromatic rings. The van der Waals surface area contributed by atoms with E-state index in [0.717, 1.165) is 34.9 Å². The molecule has 0 spiro atoms. The van der Waals surface area contributed by atoms with E-state index in [1.165, 1.54) is 5.56 Å². The summed E-state index contributed by atoms with van der Waals surface area (Å²) in [5.74, 6) is 1.12. The minimum absolute atomic E-state index is 0.883. The lowest BCUT2D eigenvalue weighted by Crippen LogP contribution is -2.29. The first-order valence-corrected chi connectivity index (χ1v) is 6.63. The van der Waals surface area contributed by atoms with Crippen LogP contribution in [0.5, 0.6) is 0 Å². The Morgan fingerprint density at radius 1 is 1.15 bits per heavy atom. The Kier molecular flexibility index (Phi) is 1.65. The van der Waals surface area contributed by atoms with E-state index in [1.54, 1.807) is 0 Å². The summed E-state index contributed by atoms with van der Waals surface area (Å²) in [7, 11) is 2.08. The number of fused-ring (bicyclic) bond motifs is 7. The molecule has 0 radical (unpaired) electrons. The quantitative estimate of drug-likeness (QED) is 0.397. The van der Waals surface area contributed by atoms with E-state index in [9.17, 15) is 0 Å². The Balaban J connectivity index is 2.03. The molecule has 1 aliphatic heterocycles. The Morgan fingerprint density at radius 2 is 2.00 bits per heavy atom. The zero-order valence-corrected chi connectivity index (χ0v) is 11.0. The van der Waals surface area contributed by atoms with Crippen LogP contribution >= 0.6 is 0 Å². The molecule has 1 aliphatic rings. The second-order valence-electron chi connectivity index (χ2n) is 5.19. The minimum atomic E-state index is 0.883. The molecule has 5 nitrogen and oxygen atoms in total. The van der Waals surface area contributed by atoms with Crippen LogP contribution in [0.25, 0.3) is 28.3 Å². The zero-order chi connectivity index (χ0) is 13.3. The summed E-state index contributed by atoms with van der Waals surface area (Å²) in [6, 6.07) is 8.21. The van der Waals surface area contributed by atoms with Crippen molar-refractivity contribution in [3.8, 4) is 11.5 Å². The number of rotatable bonds is 0. The van der Waals surface area contributed by atoms with Crippen molar-refractivity contribution in [2.45, 2.75) is 6.54 Å². The van der Waals surface area contributed by atoms with Crippen molar-refractivity contribution < 1.29 is 4.57 Å². The van der Waals surface area contributed by atoms with Gasteiger partial charge in [-0.2, -0.15) is 4.40 Å². The van der Waals surface area contributed by atoms with Crippen LogP contribution in [-0.2, 0) is 13.6 Å². The van der Waals surface area contributed by atoms with E-state index >= 15 is 0 Å². The van der Waals surface area contributed by atoms with E-state index in [0.29, 0.717) is 0 Å². The molecular formula is C15H12N5+. The summed E-state index contributed by atoms with van der Waals surface area (Å²) >= 11 is 0. The summed E-state index contributed by atoms with van der Waals surface area (Å²) in [5.41, 5.74) is 5.59. The van der Waals surface area contributed by atoms with E-state index < -0.39 is 0 Å². The fourth-order valence-electron chi connectivity index (χ4n) is 3.20. The second-order valence-corrected chi connectivity index (χ2v) is 5.19. The van der Waals surface area contributed by atoms with Crippen LogP contribution in [0, 0.1) is 0 Å². The predicted molar refractivity (Wildman–Crippen MR) is 74.2 cm³/mol. The lowest BCUT2D eigenvalue weighted by molar-refractivity contribution is -0.670. The maximum Gasteiger partial charge on any atom is 0.316 e. The highest BCUT2D eigenvalue weighted by Crippen LogP contribution is 2.29. The SMILES string of the molecule is Cn1c2cccnc2n2c3[n+](cc12)Cc1cccnc1-3. The molecule has 0 aliphatic carbocycles. The van der Waals surface area contributed by atoms with Gasteiger partial charge in [-0.05, 0) is 18.2 Å². The van der Waals surface area contributed by atoms with Gasteiger partial charge in [0.2, 0.25) is 5.65 Å². The summed E-state index contributed by atoms with van der Waals surface area (Å²) in [5, 5.41) is 0. The number of hydrogen-bond donors (Lipinski definition) is 0. The molecule has 96 valence electrons. The van der Waals surface area contributed by atoms with Crippen LogP contribution in [0.4, 0.5) is 0 Å². The third kappa shape index (κ3) is 1.02. The third-order valence-electron chi connectivity index (χ3n) is 4.11. The largest absolute Gasteiger partial charge is 0.316 e. The topological polar surface area (TPSA) is 39.0 Å². The molecule has 0 fully saturated rings. The predicted octanol–water partition coefficient (Wildman–Crippen LogP) is 1.54. The first-order valence-electron chi connectivity index (χ1n) is 6.63. The molecule has 0 unspecified atom stereocenters. The molecule has 5 heterocycles. The average molecular weight is 262 g/mol. The Hall–Kier alpha value is -2.69. The minimum Gasteiger partial charge on any atom is -0.303 e. The van der Waals surface area contributed by atoms with Crippen molar-refractivity contribution in [2.75, 3.05) is 0 Å². The van der Waals surface area contributed by atoms with Gasteiger partial charge in [0.25, 0.3) is 5.65 Å². The van der Waals surface area contributed by atoms with Crippen LogP contribution in [0.3, 0.4) is 0 Å². The highest BCUT2D eigenvalue weighted by molar-refractivity contribution is 5.80. The van der Waals surface area contributed by atoms with Crippen molar-refractivity contribution in [3.05, 3.63) is 48.4 Å². The Labute approximate surface area is 114 Å². The lowest BCUT2D eigenvalue weighted by Gasteiger charge is -1.91. The monoisotopic (exact) mass is 262 g/mol. The summed E-state index contributed by atoms with van der Waals surface area (Å²) in [6.07, 6.45) is 5.87. The highest BCUT2D eigenvalue weighted by Gasteiger charge is 2.34. The summed E-state index contributed by atoms with van der Waals surface area (Å²) in [6.45, 7) is 0.883. The molecule has 0 N–H and O–H groups in total. The highest BCUT2D eigenvalue weighted by atomic mass is 15.2. The average Bonchev–Trinajstić information content (AvgIpc) is 3.08. The lowest BCUT2D eigenvalue weighted by atomic mass is 10.2. The fourth-order valence-corrected chi connectivity index (χ4v) is 3.20. The maximum atomic E-state index is 4.56. The third-order valence-corrected chi connectivity index (χ3v) is 4.11. The van der Waals surface area contributed by atoms with Crippen molar-refractivity contribution in [3.63, 3.8) is 0 Å². The second kappa shape index (κ2) is 3.25. The molecule has 0 bridgehead atoms. The van der Waals surface area contributed by atoms with Gasteiger partial charge in [-0.25, -0.2) is 14.5 Å². The zero-order valence-electron chi connectivity index (χ0n) is 11.0. The molecule has 5 rings (SSSR count). The van der Waals surface area contributed by atoms with E-state index in [-0.39, 0.29) is 0 Å². The van der Waals surface area contributed by atoms with Gasteiger partial charge in [0.05, 0.1) is 0 Å². The van der Waals surface area contributed by atoms with Crippen LogP contribution < -0.4 is 4.57 Å². The number of aromatic nitrogens is 5. The van der Waals surface area contributed by atoms with Gasteiger partial charge >= 0.3 is 5.82 Å². The summed E-state index contributed by atoms with van der Waals surface area (Å²) in [4.78, 5) is 9.11. The van der Waals surface area contributed by atoms with Crippen LogP contribution in [-0.4, -0.2) is 18.9 Å². The van der Waals surface area contributed by atoms with Crippen molar-refractivity contribution >= 4 is 16.8 Å². The first-order chi connectivity index (χ1) is 9.84. The first kappa shape index (κ1) is 10.1. The van der Waals surface area contributed by atoms with Crippen molar-refractivity contribution in [1.82, 2.24) is 18.9 Å². The Bertz CT molecular complexity index is 992. The van der Waals surface area contributed by atoms with Gasteiger partial charge in [0.1, 0.15) is 12.1 Å². The van der Waals surface area contributed by atoms with Gasteiger partial charge in [-0.15, -0.1) is 0 Å². The molecule has 0 saturated heterocycles. The van der Waals surface area contributed by atoms with Crippen LogP contribution in [0.2, 0.25) is 0 Å². The molecule has 0 amide bonds. The fraction of sp³-hybridized carbons (Fsp3) is 0.133. The number of hydrogen-bond acceptors (Lipinski definition) is 2. The number of pyridine rings is 2. The Morgan fingerprint density at radius 3 is 2.95 bits per heavy atom. The number of imidazole rings is 2. The molecular weight excluding hydrogens is 250 g/mol. The molecule has 0 aromatic carbocycles. The standard InChI is InChI=1S/C15H12N5/c1-18-11-5-3-7-17-14(11)20-12(18)9-19-8-10-4-2-6-16-13(10)15(19)20/h2-7,9H,8H2,1H3/q+1. The molecule has 0 atom stereocenters. The van der Waals surface area contributed by atoms with Gasteiger partial charge in [0.15, 0.2) is 11.9 Å². The molecule has 4 aromatic heterocycles. The van der Waals surface area contributed by atoms with Crippen molar-refractivity contribution in [1.29, 1.82) is 0 Å². The van der Waals surface area contributed by atoms with E-state index in [1.807, 2.05) is 24.5 Å². The summed E-state index contributed by atoms with van der Waals surface area (Å²) < 4.78 is 6.63. The normalized spacial score (nSPS) is 13.1. The maximum absolute atomic E-state index is 4.56.